The molecule has 23 heavy (non-hydrogen) atoms. The molecule has 1 N–H and O–H groups in total. The molecular formula is C14H23ClF2N4O2. The number of aryl methyl sites for hydroxylation is 1. The van der Waals surface area contributed by atoms with Crippen LogP contribution in [0.15, 0.2) is 12.4 Å². The number of hydrogen-bond acceptors (Lipinski definition) is 4. The van der Waals surface area contributed by atoms with E-state index >= 15 is 0 Å². The number of alkyl halides is 2. The number of nitrogens with zero attached hydrogens (tertiary/aromatic N) is 3. The maximum absolute atomic E-state index is 12.7. The van der Waals surface area contributed by atoms with Gasteiger partial charge >= 0.3 is 0 Å². The summed E-state index contributed by atoms with van der Waals surface area (Å²) in [5.74, 6) is -0.639. The van der Waals surface area contributed by atoms with Crippen LogP contribution in [0.1, 0.15) is 11.5 Å². The van der Waals surface area contributed by atoms with Crippen molar-refractivity contribution >= 4 is 18.3 Å². The molecule has 6 nitrogen and oxygen atoms in total. The van der Waals surface area contributed by atoms with Crippen LogP contribution in [0.25, 0.3) is 0 Å². The van der Waals surface area contributed by atoms with Gasteiger partial charge in [-0.3, -0.25) is 9.48 Å². The third-order valence-corrected chi connectivity index (χ3v) is 3.92. The lowest BCUT2D eigenvalue weighted by atomic mass is 9.90. The topological polar surface area (TPSA) is 59.4 Å². The number of ether oxygens (including phenoxy) is 1. The molecule has 0 unspecified atom stereocenters. The number of carbonyl (C=O) groups excluding carboxylic acids is 1. The fourth-order valence-electron chi connectivity index (χ4n) is 2.81. The molecule has 9 heteroatoms. The summed E-state index contributed by atoms with van der Waals surface area (Å²) in [4.78, 5) is 13.9. The molecule has 0 spiro atoms. The van der Waals surface area contributed by atoms with Crippen molar-refractivity contribution in [2.75, 3.05) is 39.9 Å². The summed E-state index contributed by atoms with van der Waals surface area (Å²) in [5.41, 5.74) is 0.953. The van der Waals surface area contributed by atoms with E-state index in [1.807, 2.05) is 13.2 Å². The lowest BCUT2D eigenvalue weighted by Gasteiger charge is -2.27. The highest BCUT2D eigenvalue weighted by Gasteiger charge is 2.37. The van der Waals surface area contributed by atoms with Crippen LogP contribution in [0, 0.1) is 5.92 Å². The highest BCUT2D eigenvalue weighted by molar-refractivity contribution is 5.85. The van der Waals surface area contributed by atoms with Gasteiger partial charge in [-0.05, 0) is 5.56 Å². The van der Waals surface area contributed by atoms with Gasteiger partial charge in [-0.2, -0.15) is 5.10 Å². The van der Waals surface area contributed by atoms with Gasteiger partial charge < -0.3 is 15.0 Å². The first-order valence-electron chi connectivity index (χ1n) is 7.28. The predicted molar refractivity (Wildman–Crippen MR) is 84.0 cm³/mol. The lowest BCUT2D eigenvalue weighted by Crippen LogP contribution is -2.43. The zero-order valence-corrected chi connectivity index (χ0v) is 14.1. The maximum atomic E-state index is 12.7. The summed E-state index contributed by atoms with van der Waals surface area (Å²) in [6.07, 6.45) is 1.04. The summed E-state index contributed by atoms with van der Waals surface area (Å²) in [6.45, 7) is 1.00. The number of nitrogens with one attached hydrogen (secondary N) is 1. The smallest absolute Gasteiger partial charge is 0.255 e. The van der Waals surface area contributed by atoms with E-state index in [2.05, 4.69) is 10.4 Å². The Morgan fingerprint density at radius 3 is 2.87 bits per heavy atom. The van der Waals surface area contributed by atoms with Gasteiger partial charge in [0.1, 0.15) is 0 Å². The summed E-state index contributed by atoms with van der Waals surface area (Å²) in [5, 5.41) is 7.29. The first-order valence-corrected chi connectivity index (χ1v) is 7.28. The van der Waals surface area contributed by atoms with Gasteiger partial charge in [0, 0.05) is 45.9 Å². The minimum Gasteiger partial charge on any atom is -0.383 e. The number of carbonyl (C=O) groups is 1. The van der Waals surface area contributed by atoms with Crippen LogP contribution in [0.2, 0.25) is 0 Å². The molecule has 0 saturated carbocycles. The lowest BCUT2D eigenvalue weighted by molar-refractivity contribution is -0.138. The maximum Gasteiger partial charge on any atom is 0.255 e. The second-order valence-corrected chi connectivity index (χ2v) is 5.49. The number of methoxy groups -OCH3 is 1. The number of aromatic nitrogens is 2. The Morgan fingerprint density at radius 2 is 2.30 bits per heavy atom. The van der Waals surface area contributed by atoms with Crippen molar-refractivity contribution in [3.63, 3.8) is 0 Å². The summed E-state index contributed by atoms with van der Waals surface area (Å²) in [7, 11) is 3.30. The van der Waals surface area contributed by atoms with E-state index in [0.29, 0.717) is 13.1 Å². The number of hydrogen-bond donors (Lipinski definition) is 1. The fourth-order valence-corrected chi connectivity index (χ4v) is 2.81. The highest BCUT2D eigenvalue weighted by atomic mass is 35.5. The molecule has 1 aromatic heterocycles. The van der Waals surface area contributed by atoms with Crippen LogP contribution in [0.3, 0.4) is 0 Å². The molecule has 1 aromatic rings. The molecule has 132 valence electrons. The normalized spacial score (nSPS) is 20.6. The van der Waals surface area contributed by atoms with E-state index in [-0.39, 0.29) is 43.3 Å². The molecule has 2 atom stereocenters. The van der Waals surface area contributed by atoms with E-state index in [4.69, 9.17) is 4.74 Å². The van der Waals surface area contributed by atoms with Crippen LogP contribution in [0.4, 0.5) is 8.78 Å². The zero-order valence-electron chi connectivity index (χ0n) is 13.2. The van der Waals surface area contributed by atoms with Gasteiger partial charge in [0.25, 0.3) is 6.43 Å². The minimum absolute atomic E-state index is 0. The number of halogens is 3. The van der Waals surface area contributed by atoms with E-state index in [9.17, 15) is 13.6 Å². The molecule has 1 amide bonds. The van der Waals surface area contributed by atoms with Crippen LogP contribution >= 0.6 is 12.4 Å². The summed E-state index contributed by atoms with van der Waals surface area (Å²) < 4.78 is 32.0. The average molecular weight is 353 g/mol. The minimum atomic E-state index is -2.55. The molecule has 0 bridgehead atoms. The largest absolute Gasteiger partial charge is 0.383 e. The van der Waals surface area contributed by atoms with Crippen LogP contribution in [-0.2, 0) is 16.6 Å². The molecule has 2 heterocycles. The number of rotatable bonds is 7. The molecule has 0 aromatic carbocycles. The van der Waals surface area contributed by atoms with Crippen LogP contribution in [0.5, 0.6) is 0 Å². The SMILES string of the molecule is COCCN(CC(F)F)C(=O)[C@H]1CNC[C@@H]1c1cnn(C)c1.Cl. The standard InChI is InChI=1S/C14H22F2N4O2.ClH/c1-19-8-10(5-18-19)11-6-17-7-12(11)14(21)20(3-4-22-2)9-13(15)16;/h5,8,11-13,17H,3-4,6-7,9H2,1-2H3;1H/t11-,12+;/m1./s1. The fraction of sp³-hybridized carbons (Fsp3) is 0.714. The summed E-state index contributed by atoms with van der Waals surface area (Å²) in [6, 6.07) is 0. The second kappa shape index (κ2) is 9.14. The van der Waals surface area contributed by atoms with Crippen LogP contribution in [-0.4, -0.2) is 66.9 Å². The van der Waals surface area contributed by atoms with Crippen molar-refractivity contribution in [3.8, 4) is 0 Å². The molecule has 0 aliphatic carbocycles. The Kier molecular flexibility index (Phi) is 7.87. The van der Waals surface area contributed by atoms with E-state index in [0.717, 1.165) is 5.56 Å². The predicted octanol–water partition coefficient (Wildman–Crippen LogP) is 0.885. The molecule has 0 radical (unpaired) electrons. The van der Waals surface area contributed by atoms with E-state index < -0.39 is 13.0 Å². The van der Waals surface area contributed by atoms with Gasteiger partial charge in [0.2, 0.25) is 5.91 Å². The van der Waals surface area contributed by atoms with Crippen molar-refractivity contribution in [3.05, 3.63) is 18.0 Å². The Morgan fingerprint density at radius 1 is 1.57 bits per heavy atom. The molecule has 1 saturated heterocycles. The van der Waals surface area contributed by atoms with E-state index in [1.165, 1.54) is 12.0 Å². The monoisotopic (exact) mass is 352 g/mol. The third kappa shape index (κ3) is 5.12. The highest BCUT2D eigenvalue weighted by Crippen LogP contribution is 2.29. The molecule has 1 aliphatic heterocycles. The first kappa shape index (κ1) is 19.8. The molecule has 2 rings (SSSR count). The average Bonchev–Trinajstić information content (AvgIpc) is 3.10. The van der Waals surface area contributed by atoms with Crippen molar-refractivity contribution in [1.29, 1.82) is 0 Å². The molecule has 1 fully saturated rings. The zero-order chi connectivity index (χ0) is 16.1. The third-order valence-electron chi connectivity index (χ3n) is 3.92. The Hall–Kier alpha value is -1.25. The van der Waals surface area contributed by atoms with Crippen molar-refractivity contribution in [2.45, 2.75) is 12.3 Å². The number of amides is 1. The van der Waals surface area contributed by atoms with Gasteiger partial charge in [-0.25, -0.2) is 8.78 Å². The van der Waals surface area contributed by atoms with Crippen molar-refractivity contribution in [1.82, 2.24) is 20.0 Å². The Balaban J connectivity index is 0.00000264. The van der Waals surface area contributed by atoms with Crippen LogP contribution < -0.4 is 5.32 Å². The van der Waals surface area contributed by atoms with Gasteiger partial charge in [0.05, 0.1) is 25.3 Å². The first-order chi connectivity index (χ1) is 10.5. The van der Waals surface area contributed by atoms with Crippen molar-refractivity contribution in [2.24, 2.45) is 13.0 Å². The second-order valence-electron chi connectivity index (χ2n) is 5.49. The van der Waals surface area contributed by atoms with E-state index in [1.54, 1.807) is 10.9 Å². The van der Waals surface area contributed by atoms with Gasteiger partial charge in [-0.15, -0.1) is 12.4 Å². The van der Waals surface area contributed by atoms with Gasteiger partial charge in [0.15, 0.2) is 0 Å². The molecule has 1 aliphatic rings. The Labute approximate surface area is 140 Å². The summed E-state index contributed by atoms with van der Waals surface area (Å²) >= 11 is 0. The van der Waals surface area contributed by atoms with Gasteiger partial charge in [-0.1, -0.05) is 0 Å². The van der Waals surface area contributed by atoms with Crippen molar-refractivity contribution < 1.29 is 18.3 Å². The Bertz CT molecular complexity index is 501. The quantitative estimate of drug-likeness (QED) is 0.791. The molecular weight excluding hydrogens is 330 g/mol.